The molecule has 3 rings (SSSR count). The molecule has 1 saturated heterocycles. The normalized spacial score (nSPS) is 17.1. The van der Waals surface area contributed by atoms with Crippen LogP contribution in [-0.2, 0) is 6.54 Å². The molecule has 1 aromatic carbocycles. The van der Waals surface area contributed by atoms with Crippen molar-refractivity contribution in [2.45, 2.75) is 19.5 Å². The van der Waals surface area contributed by atoms with E-state index in [1.54, 1.807) is 12.5 Å². The van der Waals surface area contributed by atoms with Gasteiger partial charge >= 0.3 is 0 Å². The van der Waals surface area contributed by atoms with E-state index in [0.717, 1.165) is 37.3 Å². The molecule has 1 aromatic heterocycles. The van der Waals surface area contributed by atoms with Crippen LogP contribution in [0.15, 0.2) is 43.0 Å². The zero-order chi connectivity index (χ0) is 14.7. The number of carbonyl (C=O) groups is 1. The minimum atomic E-state index is 0. The molecule has 0 spiro atoms. The van der Waals surface area contributed by atoms with Crippen LogP contribution >= 0.6 is 24.8 Å². The Kier molecular flexibility index (Phi) is 7.55. The van der Waals surface area contributed by atoms with E-state index in [4.69, 9.17) is 0 Å². The van der Waals surface area contributed by atoms with E-state index >= 15 is 0 Å². The molecule has 7 heteroatoms. The van der Waals surface area contributed by atoms with Crippen LogP contribution in [0.5, 0.6) is 0 Å². The van der Waals surface area contributed by atoms with E-state index in [2.05, 4.69) is 17.2 Å². The fourth-order valence-electron chi connectivity index (χ4n) is 2.65. The van der Waals surface area contributed by atoms with Gasteiger partial charge in [0.1, 0.15) is 0 Å². The number of nitrogens with one attached hydrogen (secondary N) is 1. The topological polar surface area (TPSA) is 50.2 Å². The molecular formula is C16H22Cl2N4O. The molecule has 2 aromatic rings. The highest BCUT2D eigenvalue weighted by Crippen LogP contribution is 2.12. The molecule has 0 radical (unpaired) electrons. The largest absolute Gasteiger partial charge is 0.333 e. The quantitative estimate of drug-likeness (QED) is 0.916. The van der Waals surface area contributed by atoms with Crippen molar-refractivity contribution in [3.05, 3.63) is 54.1 Å². The zero-order valence-corrected chi connectivity index (χ0v) is 14.6. The first kappa shape index (κ1) is 19.5. The lowest BCUT2D eigenvalue weighted by Crippen LogP contribution is -2.52. The van der Waals surface area contributed by atoms with E-state index in [1.165, 1.54) is 0 Å². The number of halogens is 2. The van der Waals surface area contributed by atoms with Gasteiger partial charge < -0.3 is 14.8 Å². The highest BCUT2D eigenvalue weighted by Gasteiger charge is 2.23. The number of benzene rings is 1. The van der Waals surface area contributed by atoms with Gasteiger partial charge in [-0.05, 0) is 24.6 Å². The van der Waals surface area contributed by atoms with E-state index in [-0.39, 0.29) is 36.8 Å². The molecule has 5 nitrogen and oxygen atoms in total. The number of rotatable bonds is 3. The lowest BCUT2D eigenvalue weighted by molar-refractivity contribution is 0.0656. The van der Waals surface area contributed by atoms with Crippen molar-refractivity contribution in [2.24, 2.45) is 0 Å². The number of nitrogens with zero attached hydrogens (tertiary/aromatic N) is 3. The van der Waals surface area contributed by atoms with Gasteiger partial charge in [0.25, 0.3) is 5.91 Å². The molecule has 1 atom stereocenters. The minimum absolute atomic E-state index is 0. The number of aromatic nitrogens is 2. The van der Waals surface area contributed by atoms with Crippen LogP contribution < -0.4 is 5.32 Å². The summed E-state index contributed by atoms with van der Waals surface area (Å²) >= 11 is 0. The number of amides is 1. The van der Waals surface area contributed by atoms with Gasteiger partial charge in [0.05, 0.1) is 6.33 Å². The Labute approximate surface area is 148 Å². The lowest BCUT2D eigenvalue weighted by atomic mass is 10.1. The average molecular weight is 357 g/mol. The molecule has 1 unspecified atom stereocenters. The summed E-state index contributed by atoms with van der Waals surface area (Å²) in [6.07, 6.45) is 5.49. The summed E-state index contributed by atoms with van der Waals surface area (Å²) in [6.45, 7) is 5.37. The highest BCUT2D eigenvalue weighted by molar-refractivity contribution is 5.94. The van der Waals surface area contributed by atoms with Crippen LogP contribution in [0.25, 0.3) is 0 Å². The zero-order valence-electron chi connectivity index (χ0n) is 13.0. The Bertz CT molecular complexity index is 601. The van der Waals surface area contributed by atoms with Crippen LogP contribution in [0.2, 0.25) is 0 Å². The first-order valence-electron chi connectivity index (χ1n) is 7.30. The van der Waals surface area contributed by atoms with Gasteiger partial charge in [-0.3, -0.25) is 4.79 Å². The number of piperazine rings is 1. The van der Waals surface area contributed by atoms with Crippen molar-refractivity contribution in [1.82, 2.24) is 19.8 Å². The van der Waals surface area contributed by atoms with Crippen molar-refractivity contribution in [3.63, 3.8) is 0 Å². The summed E-state index contributed by atoms with van der Waals surface area (Å²) in [6, 6.07) is 8.12. The van der Waals surface area contributed by atoms with E-state index in [9.17, 15) is 4.79 Å². The Morgan fingerprint density at radius 1 is 1.30 bits per heavy atom. The van der Waals surface area contributed by atoms with Crippen molar-refractivity contribution < 1.29 is 4.79 Å². The monoisotopic (exact) mass is 356 g/mol. The molecule has 126 valence electrons. The molecule has 0 bridgehead atoms. The maximum absolute atomic E-state index is 12.5. The van der Waals surface area contributed by atoms with Gasteiger partial charge in [-0.15, -0.1) is 24.8 Å². The molecule has 23 heavy (non-hydrogen) atoms. The predicted molar refractivity (Wildman–Crippen MR) is 95.6 cm³/mol. The van der Waals surface area contributed by atoms with E-state index in [0.29, 0.717) is 0 Å². The summed E-state index contributed by atoms with van der Waals surface area (Å²) in [5.74, 6) is 0.123. The maximum atomic E-state index is 12.5. The van der Waals surface area contributed by atoms with Gasteiger partial charge in [-0.2, -0.15) is 0 Å². The maximum Gasteiger partial charge on any atom is 0.254 e. The second-order valence-corrected chi connectivity index (χ2v) is 5.48. The number of imidazole rings is 1. The SMILES string of the molecule is CC1CNCCN1C(=O)c1ccc(Cn2ccnc2)cc1.Cl.Cl. The van der Waals surface area contributed by atoms with E-state index < -0.39 is 0 Å². The van der Waals surface area contributed by atoms with Gasteiger partial charge in [-0.25, -0.2) is 4.98 Å². The Morgan fingerprint density at radius 3 is 2.65 bits per heavy atom. The van der Waals surface area contributed by atoms with Crippen LogP contribution in [-0.4, -0.2) is 46.0 Å². The van der Waals surface area contributed by atoms with Crippen molar-refractivity contribution in [3.8, 4) is 0 Å². The first-order valence-corrected chi connectivity index (χ1v) is 7.30. The van der Waals surface area contributed by atoms with Crippen LogP contribution in [0.4, 0.5) is 0 Å². The molecule has 0 saturated carbocycles. The number of hydrogen-bond acceptors (Lipinski definition) is 3. The standard InChI is InChI=1S/C16H20N4O.2ClH/c1-13-10-17-7-9-20(13)16(21)15-4-2-14(3-5-15)11-19-8-6-18-12-19;;/h2-6,8,12-13,17H,7,9-11H2,1H3;2*1H. The van der Waals surface area contributed by atoms with Gasteiger partial charge in [0, 0.05) is 50.2 Å². The molecule has 1 aliphatic heterocycles. The number of hydrogen-bond donors (Lipinski definition) is 1. The first-order chi connectivity index (χ1) is 10.2. The Balaban J connectivity index is 0.00000132. The fraction of sp³-hybridized carbons (Fsp3) is 0.375. The van der Waals surface area contributed by atoms with Gasteiger partial charge in [-0.1, -0.05) is 12.1 Å². The molecular weight excluding hydrogens is 335 g/mol. The predicted octanol–water partition coefficient (Wildman–Crippen LogP) is 2.21. The summed E-state index contributed by atoms with van der Waals surface area (Å²) in [4.78, 5) is 18.5. The molecule has 1 amide bonds. The van der Waals surface area contributed by atoms with Crippen molar-refractivity contribution in [1.29, 1.82) is 0 Å². The van der Waals surface area contributed by atoms with Crippen molar-refractivity contribution >= 4 is 30.7 Å². The smallest absolute Gasteiger partial charge is 0.254 e. The van der Waals surface area contributed by atoms with Gasteiger partial charge in [0.15, 0.2) is 0 Å². The third-order valence-corrected chi connectivity index (χ3v) is 3.89. The Hall–Kier alpha value is -1.56. The molecule has 1 N–H and O–H groups in total. The second-order valence-electron chi connectivity index (χ2n) is 5.48. The summed E-state index contributed by atoms with van der Waals surface area (Å²) in [5.41, 5.74) is 1.93. The molecule has 1 fully saturated rings. The van der Waals surface area contributed by atoms with Crippen LogP contribution in [0.3, 0.4) is 0 Å². The second kappa shape index (κ2) is 8.91. The van der Waals surface area contributed by atoms with Crippen LogP contribution in [0.1, 0.15) is 22.8 Å². The highest BCUT2D eigenvalue weighted by atomic mass is 35.5. The summed E-state index contributed by atoms with van der Waals surface area (Å²) in [7, 11) is 0. The third kappa shape index (κ3) is 4.70. The Morgan fingerprint density at radius 2 is 2.04 bits per heavy atom. The molecule has 2 heterocycles. The van der Waals surface area contributed by atoms with Crippen molar-refractivity contribution in [2.75, 3.05) is 19.6 Å². The fourth-order valence-corrected chi connectivity index (χ4v) is 2.65. The van der Waals surface area contributed by atoms with Crippen LogP contribution in [0, 0.1) is 0 Å². The molecule has 0 aliphatic carbocycles. The summed E-state index contributed by atoms with van der Waals surface area (Å²) < 4.78 is 2.01. The van der Waals surface area contributed by atoms with E-state index in [1.807, 2.05) is 39.9 Å². The minimum Gasteiger partial charge on any atom is -0.333 e. The lowest BCUT2D eigenvalue weighted by Gasteiger charge is -2.34. The average Bonchev–Trinajstić information content (AvgIpc) is 3.01. The summed E-state index contributed by atoms with van der Waals surface area (Å²) in [5, 5.41) is 3.30. The number of carbonyl (C=O) groups excluding carboxylic acids is 1. The van der Waals surface area contributed by atoms with Gasteiger partial charge in [0.2, 0.25) is 0 Å². The molecule has 1 aliphatic rings. The third-order valence-electron chi connectivity index (χ3n) is 3.89.